The van der Waals surface area contributed by atoms with Crippen molar-refractivity contribution >= 4 is 0 Å². The second-order valence-electron chi connectivity index (χ2n) is 3.38. The van der Waals surface area contributed by atoms with Crippen LogP contribution in [0.25, 0.3) is 0 Å². The molecule has 2 nitrogen and oxygen atoms in total. The van der Waals surface area contributed by atoms with E-state index in [4.69, 9.17) is 0 Å². The number of halogens is 1. The minimum absolute atomic E-state index is 0.284. The largest absolute Gasteiger partial charge is 0.390 e. The van der Waals surface area contributed by atoms with Crippen molar-refractivity contribution in [2.45, 2.75) is 32.0 Å². The van der Waals surface area contributed by atoms with Crippen molar-refractivity contribution in [3.05, 3.63) is 35.6 Å². The van der Waals surface area contributed by atoms with Gasteiger partial charge in [0.25, 0.3) is 0 Å². The summed E-state index contributed by atoms with van der Waals surface area (Å²) >= 11 is 0. The van der Waals surface area contributed by atoms with Gasteiger partial charge in [-0.2, -0.15) is 0 Å². The Labute approximate surface area is 83.0 Å². The van der Waals surface area contributed by atoms with Crippen LogP contribution in [0.2, 0.25) is 0 Å². The van der Waals surface area contributed by atoms with Crippen molar-refractivity contribution in [3.8, 4) is 0 Å². The van der Waals surface area contributed by atoms with E-state index in [0.717, 1.165) is 0 Å². The molecule has 0 bridgehead atoms. The molecule has 0 heterocycles. The van der Waals surface area contributed by atoms with E-state index in [1.165, 1.54) is 12.1 Å². The van der Waals surface area contributed by atoms with Crippen LogP contribution in [-0.4, -0.2) is 22.4 Å². The zero-order valence-electron chi connectivity index (χ0n) is 8.15. The number of benzene rings is 1. The first kappa shape index (κ1) is 11.1. The molecule has 0 saturated carbocycles. The molecule has 0 aliphatic rings. The van der Waals surface area contributed by atoms with E-state index in [9.17, 15) is 14.6 Å². The van der Waals surface area contributed by atoms with E-state index in [2.05, 4.69) is 0 Å². The van der Waals surface area contributed by atoms with Crippen molar-refractivity contribution in [1.82, 2.24) is 0 Å². The Morgan fingerprint density at radius 1 is 1.29 bits per heavy atom. The fraction of sp³-hybridized carbons (Fsp3) is 0.455. The highest BCUT2D eigenvalue weighted by molar-refractivity contribution is 5.17. The second-order valence-corrected chi connectivity index (χ2v) is 3.38. The maximum absolute atomic E-state index is 12.8. The topological polar surface area (TPSA) is 40.5 Å². The lowest BCUT2D eigenvalue weighted by Crippen LogP contribution is -2.27. The fourth-order valence-corrected chi connectivity index (χ4v) is 1.31. The van der Waals surface area contributed by atoms with E-state index >= 15 is 0 Å². The first-order chi connectivity index (χ1) is 6.63. The summed E-state index contributed by atoms with van der Waals surface area (Å²) in [6, 6.07) is 6.04. The van der Waals surface area contributed by atoms with Gasteiger partial charge >= 0.3 is 0 Å². The molecule has 0 fully saturated rings. The van der Waals surface area contributed by atoms with E-state index in [1.54, 1.807) is 19.1 Å². The van der Waals surface area contributed by atoms with Gasteiger partial charge < -0.3 is 10.2 Å². The summed E-state index contributed by atoms with van der Waals surface area (Å²) in [6.07, 6.45) is -0.774. The lowest BCUT2D eigenvalue weighted by Gasteiger charge is -2.15. The minimum Gasteiger partial charge on any atom is -0.390 e. The van der Waals surface area contributed by atoms with Crippen LogP contribution in [0.1, 0.15) is 18.9 Å². The predicted molar refractivity (Wildman–Crippen MR) is 52.4 cm³/mol. The first-order valence-corrected chi connectivity index (χ1v) is 4.74. The molecule has 14 heavy (non-hydrogen) atoms. The molecule has 0 amide bonds. The Morgan fingerprint density at radius 2 is 2.00 bits per heavy atom. The van der Waals surface area contributed by atoms with Gasteiger partial charge in [-0.1, -0.05) is 19.1 Å². The van der Waals surface area contributed by atoms with Crippen molar-refractivity contribution in [3.63, 3.8) is 0 Å². The summed E-state index contributed by atoms with van der Waals surface area (Å²) in [4.78, 5) is 0. The highest BCUT2D eigenvalue weighted by Crippen LogP contribution is 2.09. The van der Waals surface area contributed by atoms with Crippen LogP contribution in [0.15, 0.2) is 24.3 Å². The van der Waals surface area contributed by atoms with Gasteiger partial charge in [-0.05, 0) is 24.1 Å². The van der Waals surface area contributed by atoms with Crippen molar-refractivity contribution in [1.29, 1.82) is 0 Å². The monoisotopic (exact) mass is 198 g/mol. The van der Waals surface area contributed by atoms with Crippen LogP contribution in [-0.2, 0) is 6.42 Å². The second kappa shape index (κ2) is 5.08. The van der Waals surface area contributed by atoms with Crippen LogP contribution < -0.4 is 0 Å². The van der Waals surface area contributed by atoms with Crippen LogP contribution >= 0.6 is 0 Å². The smallest absolute Gasteiger partial charge is 0.123 e. The van der Waals surface area contributed by atoms with Crippen LogP contribution in [0.4, 0.5) is 4.39 Å². The Bertz CT molecular complexity index is 288. The quantitative estimate of drug-likeness (QED) is 0.769. The normalized spacial score (nSPS) is 15.1. The molecule has 78 valence electrons. The molecule has 2 atom stereocenters. The predicted octanol–water partition coefficient (Wildman–Crippen LogP) is 1.50. The maximum Gasteiger partial charge on any atom is 0.123 e. The lowest BCUT2D eigenvalue weighted by molar-refractivity contribution is 0.0181. The molecule has 3 heteroatoms. The third-order valence-corrected chi connectivity index (χ3v) is 2.20. The van der Waals surface area contributed by atoms with Gasteiger partial charge in [-0.15, -0.1) is 0 Å². The average Bonchev–Trinajstić information content (AvgIpc) is 2.16. The van der Waals surface area contributed by atoms with E-state index in [0.29, 0.717) is 12.0 Å². The van der Waals surface area contributed by atoms with Crippen LogP contribution in [0, 0.1) is 5.82 Å². The fourth-order valence-electron chi connectivity index (χ4n) is 1.31. The number of rotatable bonds is 4. The zero-order chi connectivity index (χ0) is 10.6. The zero-order valence-corrected chi connectivity index (χ0v) is 8.15. The van der Waals surface area contributed by atoms with Crippen molar-refractivity contribution in [2.75, 3.05) is 0 Å². The molecule has 1 aromatic carbocycles. The Kier molecular flexibility index (Phi) is 4.04. The van der Waals surface area contributed by atoms with Gasteiger partial charge in [-0.25, -0.2) is 4.39 Å². The number of hydrogen-bond donors (Lipinski definition) is 2. The Morgan fingerprint density at radius 3 is 2.57 bits per heavy atom. The van der Waals surface area contributed by atoms with Crippen molar-refractivity contribution in [2.24, 2.45) is 0 Å². The molecule has 0 spiro atoms. The van der Waals surface area contributed by atoms with E-state index in [1.807, 2.05) is 0 Å². The van der Waals surface area contributed by atoms with Crippen LogP contribution in [0.5, 0.6) is 0 Å². The SMILES string of the molecule is CCC(O)C(O)Cc1cccc(F)c1. The Balaban J connectivity index is 2.60. The van der Waals surface area contributed by atoms with E-state index < -0.39 is 12.2 Å². The molecule has 0 aliphatic heterocycles. The number of aliphatic hydroxyl groups is 2. The van der Waals surface area contributed by atoms with Crippen molar-refractivity contribution < 1.29 is 14.6 Å². The molecule has 0 saturated heterocycles. The van der Waals surface area contributed by atoms with Gasteiger partial charge in [0, 0.05) is 6.42 Å². The number of aliphatic hydroxyl groups excluding tert-OH is 2. The molecular formula is C11H15FO2. The highest BCUT2D eigenvalue weighted by atomic mass is 19.1. The van der Waals surface area contributed by atoms with Gasteiger partial charge in [-0.3, -0.25) is 0 Å². The maximum atomic E-state index is 12.8. The molecule has 2 unspecified atom stereocenters. The summed E-state index contributed by atoms with van der Waals surface area (Å²) in [5.41, 5.74) is 0.699. The molecule has 0 aromatic heterocycles. The number of hydrogen-bond acceptors (Lipinski definition) is 2. The Hall–Kier alpha value is -0.930. The molecule has 0 aliphatic carbocycles. The third-order valence-electron chi connectivity index (χ3n) is 2.20. The first-order valence-electron chi connectivity index (χ1n) is 4.74. The molecule has 1 rings (SSSR count). The summed E-state index contributed by atoms with van der Waals surface area (Å²) in [5, 5.41) is 18.8. The minimum atomic E-state index is -0.818. The van der Waals surface area contributed by atoms with Gasteiger partial charge in [0.05, 0.1) is 12.2 Å². The summed E-state index contributed by atoms with van der Waals surface area (Å²) in [5.74, 6) is -0.319. The molecule has 0 radical (unpaired) electrons. The lowest BCUT2D eigenvalue weighted by atomic mass is 10.0. The van der Waals surface area contributed by atoms with Gasteiger partial charge in [0.1, 0.15) is 5.82 Å². The van der Waals surface area contributed by atoms with Gasteiger partial charge in [0.15, 0.2) is 0 Å². The average molecular weight is 198 g/mol. The highest BCUT2D eigenvalue weighted by Gasteiger charge is 2.14. The van der Waals surface area contributed by atoms with Crippen LogP contribution in [0.3, 0.4) is 0 Å². The summed E-state index contributed by atoms with van der Waals surface area (Å²) in [6.45, 7) is 1.79. The van der Waals surface area contributed by atoms with Gasteiger partial charge in [0.2, 0.25) is 0 Å². The molecular weight excluding hydrogens is 183 g/mol. The standard InChI is InChI=1S/C11H15FO2/c1-2-10(13)11(14)7-8-4-3-5-9(12)6-8/h3-6,10-11,13-14H,2,7H2,1H3. The molecule has 2 N–H and O–H groups in total. The molecule has 1 aromatic rings. The third kappa shape index (κ3) is 3.09. The summed E-state index contributed by atoms with van der Waals surface area (Å²) in [7, 11) is 0. The van der Waals surface area contributed by atoms with E-state index in [-0.39, 0.29) is 12.2 Å². The summed E-state index contributed by atoms with van der Waals surface area (Å²) < 4.78 is 12.8.